The Morgan fingerprint density at radius 3 is 2.79 bits per heavy atom. The van der Waals surface area contributed by atoms with Gasteiger partial charge in [0.2, 0.25) is 0 Å². The highest BCUT2D eigenvalue weighted by Crippen LogP contribution is 2.27. The number of hydrogen-bond acceptors (Lipinski definition) is 3. The molecule has 2 N–H and O–H groups in total. The summed E-state index contributed by atoms with van der Waals surface area (Å²) >= 11 is 0. The molecule has 0 bridgehead atoms. The second-order valence-corrected chi connectivity index (χ2v) is 4.93. The van der Waals surface area contributed by atoms with Gasteiger partial charge in [-0.15, -0.1) is 0 Å². The number of hydrogen-bond donors (Lipinski definition) is 2. The molecule has 1 atom stereocenters. The Balaban J connectivity index is 2.51. The maximum absolute atomic E-state index is 11.1. The van der Waals surface area contributed by atoms with Crippen molar-refractivity contribution in [3.8, 4) is 0 Å². The largest absolute Gasteiger partial charge is 0.311 e. The van der Waals surface area contributed by atoms with E-state index >= 15 is 0 Å². The van der Waals surface area contributed by atoms with Gasteiger partial charge < -0.3 is 5.32 Å². The Morgan fingerprint density at radius 2 is 2.07 bits per heavy atom. The molecule has 76 valence electrons. The molecule has 0 amide bonds. The number of benzene rings is 1. The van der Waals surface area contributed by atoms with E-state index in [0.29, 0.717) is 12.1 Å². The lowest BCUT2D eigenvalue weighted by molar-refractivity contribution is 0.457. The lowest BCUT2D eigenvalue weighted by atomic mass is 10.0. The van der Waals surface area contributed by atoms with Crippen LogP contribution in [0.2, 0.25) is 0 Å². The van der Waals surface area contributed by atoms with Crippen molar-refractivity contribution in [1.82, 2.24) is 5.32 Å². The van der Waals surface area contributed by atoms with Crippen molar-refractivity contribution in [2.45, 2.75) is 11.8 Å². The highest BCUT2D eigenvalue weighted by atomic mass is 32.2. The fourth-order valence-electron chi connectivity index (χ4n) is 1.72. The Bertz CT molecular complexity index is 441. The molecule has 0 spiro atoms. The minimum Gasteiger partial charge on any atom is -0.311 e. The molecule has 0 saturated heterocycles. The minimum absolute atomic E-state index is 0.274. The summed E-state index contributed by atoms with van der Waals surface area (Å²) in [6.45, 7) is 0.929. The molecule has 1 aromatic carbocycles. The molecule has 4 nitrogen and oxygen atoms in total. The maximum atomic E-state index is 11.1. The molecular weight excluding hydrogens is 202 g/mol. The molecular formula is C9H11NO3S. The van der Waals surface area contributed by atoms with E-state index in [-0.39, 0.29) is 6.54 Å². The molecule has 2 rings (SSSR count). The molecule has 0 radical (unpaired) electrons. The predicted molar refractivity (Wildman–Crippen MR) is 52.4 cm³/mol. The molecule has 1 aliphatic heterocycles. The van der Waals surface area contributed by atoms with E-state index in [1.54, 1.807) is 12.1 Å². The first-order chi connectivity index (χ1) is 6.59. The molecule has 14 heavy (non-hydrogen) atoms. The fraction of sp³-hybridized carbons (Fsp3) is 0.333. The summed E-state index contributed by atoms with van der Waals surface area (Å²) in [6, 6.07) is 7.24. The molecule has 0 fully saturated rings. The average Bonchev–Trinajstić information content (AvgIpc) is 2.15. The summed E-state index contributed by atoms with van der Waals surface area (Å²) in [5.74, 6) is 0. The van der Waals surface area contributed by atoms with Gasteiger partial charge in [-0.1, -0.05) is 24.3 Å². The van der Waals surface area contributed by atoms with E-state index < -0.39 is 15.4 Å². The van der Waals surface area contributed by atoms with E-state index in [0.717, 1.165) is 5.56 Å². The third-order valence-electron chi connectivity index (χ3n) is 2.41. The standard InChI is InChI=1S/C9H11NO3S/c11-14(12,13)9-6-10-5-7-3-1-2-4-8(7)9/h1-4,9-10H,5-6H2,(H,11,12,13). The fourth-order valence-corrected chi connectivity index (χ4v) is 2.60. The van der Waals surface area contributed by atoms with Crippen LogP contribution in [0.25, 0.3) is 0 Å². The summed E-state index contributed by atoms with van der Waals surface area (Å²) in [5.41, 5.74) is 1.63. The quantitative estimate of drug-likeness (QED) is 0.674. The third-order valence-corrected chi connectivity index (χ3v) is 3.55. The Kier molecular flexibility index (Phi) is 2.30. The molecule has 1 aliphatic rings. The SMILES string of the molecule is O=S(=O)(O)C1CNCc2ccccc21. The molecule has 5 heteroatoms. The summed E-state index contributed by atoms with van der Waals surface area (Å²) in [6.07, 6.45) is 0. The Labute approximate surface area is 82.7 Å². The third kappa shape index (κ3) is 1.66. The van der Waals surface area contributed by atoms with Crippen molar-refractivity contribution in [2.24, 2.45) is 0 Å². The summed E-state index contributed by atoms with van der Waals surface area (Å²) in [5, 5.41) is 2.13. The van der Waals surface area contributed by atoms with E-state index in [1.165, 1.54) is 0 Å². The molecule has 0 saturated carbocycles. The molecule has 0 aromatic heterocycles. The maximum Gasteiger partial charge on any atom is 0.273 e. The van der Waals surface area contributed by atoms with Crippen LogP contribution in [-0.2, 0) is 16.7 Å². The molecule has 1 aromatic rings. The number of rotatable bonds is 1. The highest BCUT2D eigenvalue weighted by Gasteiger charge is 2.29. The van der Waals surface area contributed by atoms with Gasteiger partial charge in [-0.05, 0) is 11.1 Å². The van der Waals surface area contributed by atoms with Crippen LogP contribution in [0.3, 0.4) is 0 Å². The van der Waals surface area contributed by atoms with Gasteiger partial charge in [0.15, 0.2) is 0 Å². The van der Waals surface area contributed by atoms with Crippen LogP contribution in [0.1, 0.15) is 16.4 Å². The van der Waals surface area contributed by atoms with Crippen LogP contribution in [0, 0.1) is 0 Å². The summed E-state index contributed by atoms with van der Waals surface area (Å²) in [4.78, 5) is 0. The van der Waals surface area contributed by atoms with Crippen molar-refractivity contribution >= 4 is 10.1 Å². The number of nitrogens with one attached hydrogen (secondary N) is 1. The van der Waals surface area contributed by atoms with Crippen LogP contribution in [0.5, 0.6) is 0 Å². The Morgan fingerprint density at radius 1 is 1.36 bits per heavy atom. The van der Waals surface area contributed by atoms with Crippen molar-refractivity contribution in [3.05, 3.63) is 35.4 Å². The zero-order chi connectivity index (χ0) is 10.2. The van der Waals surface area contributed by atoms with E-state index in [9.17, 15) is 8.42 Å². The van der Waals surface area contributed by atoms with E-state index in [2.05, 4.69) is 5.32 Å². The van der Waals surface area contributed by atoms with E-state index in [1.807, 2.05) is 12.1 Å². The van der Waals surface area contributed by atoms with Gasteiger partial charge in [0.05, 0.1) is 0 Å². The van der Waals surface area contributed by atoms with Gasteiger partial charge >= 0.3 is 0 Å². The molecule has 1 unspecified atom stereocenters. The Hall–Kier alpha value is -0.910. The van der Waals surface area contributed by atoms with Gasteiger partial charge in [0.25, 0.3) is 10.1 Å². The van der Waals surface area contributed by atoms with Crippen molar-refractivity contribution < 1.29 is 13.0 Å². The first-order valence-corrected chi connectivity index (χ1v) is 5.84. The zero-order valence-electron chi connectivity index (χ0n) is 7.47. The first kappa shape index (κ1) is 9.64. The average molecular weight is 213 g/mol. The van der Waals surface area contributed by atoms with Crippen LogP contribution in [-0.4, -0.2) is 19.5 Å². The van der Waals surface area contributed by atoms with Gasteiger partial charge in [0, 0.05) is 13.1 Å². The lowest BCUT2D eigenvalue weighted by Crippen LogP contribution is -2.32. The topological polar surface area (TPSA) is 66.4 Å². The molecule has 1 heterocycles. The van der Waals surface area contributed by atoms with Crippen LogP contribution < -0.4 is 5.32 Å². The second kappa shape index (κ2) is 3.34. The zero-order valence-corrected chi connectivity index (χ0v) is 8.29. The first-order valence-electron chi connectivity index (χ1n) is 4.34. The normalized spacial score (nSPS) is 21.6. The number of fused-ring (bicyclic) bond motifs is 1. The minimum atomic E-state index is -4.00. The lowest BCUT2D eigenvalue weighted by Gasteiger charge is -2.23. The predicted octanol–water partition coefficient (Wildman–Crippen LogP) is 0.719. The van der Waals surface area contributed by atoms with Crippen LogP contribution in [0.15, 0.2) is 24.3 Å². The van der Waals surface area contributed by atoms with Crippen molar-refractivity contribution in [2.75, 3.05) is 6.54 Å². The van der Waals surface area contributed by atoms with Gasteiger partial charge in [-0.2, -0.15) is 8.42 Å². The molecule has 0 aliphatic carbocycles. The van der Waals surface area contributed by atoms with Gasteiger partial charge in [-0.3, -0.25) is 4.55 Å². The monoisotopic (exact) mass is 213 g/mol. The highest BCUT2D eigenvalue weighted by molar-refractivity contribution is 7.86. The second-order valence-electron chi connectivity index (χ2n) is 3.33. The summed E-state index contributed by atoms with van der Waals surface area (Å²) in [7, 11) is -4.00. The summed E-state index contributed by atoms with van der Waals surface area (Å²) < 4.78 is 31.2. The van der Waals surface area contributed by atoms with Crippen molar-refractivity contribution in [3.63, 3.8) is 0 Å². The smallest absolute Gasteiger partial charge is 0.273 e. The van der Waals surface area contributed by atoms with Crippen LogP contribution >= 0.6 is 0 Å². The van der Waals surface area contributed by atoms with Crippen LogP contribution in [0.4, 0.5) is 0 Å². The van der Waals surface area contributed by atoms with Gasteiger partial charge in [-0.25, -0.2) is 0 Å². The van der Waals surface area contributed by atoms with Crippen molar-refractivity contribution in [1.29, 1.82) is 0 Å². The van der Waals surface area contributed by atoms with E-state index in [4.69, 9.17) is 4.55 Å². The van der Waals surface area contributed by atoms with Gasteiger partial charge in [0.1, 0.15) is 5.25 Å².